The van der Waals surface area contributed by atoms with Gasteiger partial charge >= 0.3 is 5.97 Å². The van der Waals surface area contributed by atoms with Crippen LogP contribution in [0.3, 0.4) is 0 Å². The summed E-state index contributed by atoms with van der Waals surface area (Å²) in [7, 11) is 0. The number of fused-ring (bicyclic) bond motifs is 1. The van der Waals surface area contributed by atoms with Gasteiger partial charge in [-0.05, 0) is 17.7 Å². The third-order valence-electron chi connectivity index (χ3n) is 3.97. The van der Waals surface area contributed by atoms with Gasteiger partial charge in [-0.25, -0.2) is 0 Å². The number of rotatable bonds is 5. The van der Waals surface area contributed by atoms with Gasteiger partial charge in [-0.3, -0.25) is 19.3 Å². The van der Waals surface area contributed by atoms with Crippen LogP contribution in [0.15, 0.2) is 54.6 Å². The molecule has 0 aromatic heterocycles. The molecule has 2 amide bonds. The third-order valence-corrected chi connectivity index (χ3v) is 3.97. The van der Waals surface area contributed by atoms with E-state index in [1.807, 2.05) is 30.3 Å². The maximum Gasteiger partial charge on any atom is 0.304 e. The van der Waals surface area contributed by atoms with E-state index in [1.165, 1.54) is 0 Å². The number of aliphatic carboxylic acids is 1. The predicted octanol–water partition coefficient (Wildman–Crippen LogP) is 2.54. The second-order valence-corrected chi connectivity index (χ2v) is 5.47. The van der Waals surface area contributed by atoms with E-state index >= 15 is 0 Å². The number of amides is 2. The van der Waals surface area contributed by atoms with Crippen LogP contribution in [0.25, 0.3) is 0 Å². The molecule has 0 spiro atoms. The smallest absolute Gasteiger partial charge is 0.304 e. The molecule has 0 saturated heterocycles. The highest BCUT2D eigenvalue weighted by Crippen LogP contribution is 2.27. The Hall–Kier alpha value is -2.95. The summed E-state index contributed by atoms with van der Waals surface area (Å²) >= 11 is 0. The molecule has 0 bridgehead atoms. The highest BCUT2D eigenvalue weighted by Gasteiger charge is 2.36. The van der Waals surface area contributed by atoms with Crippen LogP contribution in [0.1, 0.15) is 38.6 Å². The van der Waals surface area contributed by atoms with E-state index in [2.05, 4.69) is 0 Å². The van der Waals surface area contributed by atoms with Crippen LogP contribution in [0.2, 0.25) is 0 Å². The number of benzene rings is 2. The first-order valence-electron chi connectivity index (χ1n) is 7.30. The minimum Gasteiger partial charge on any atom is -0.481 e. The lowest BCUT2D eigenvalue weighted by Gasteiger charge is -2.21. The Balaban J connectivity index is 1.88. The summed E-state index contributed by atoms with van der Waals surface area (Å²) in [6.45, 7) is 0.0582. The zero-order chi connectivity index (χ0) is 16.4. The van der Waals surface area contributed by atoms with E-state index in [0.717, 1.165) is 10.5 Å². The number of carbonyl (C=O) groups is 3. The fourth-order valence-corrected chi connectivity index (χ4v) is 2.85. The summed E-state index contributed by atoms with van der Waals surface area (Å²) in [6, 6.07) is 15.7. The molecule has 5 nitrogen and oxygen atoms in total. The van der Waals surface area contributed by atoms with Crippen LogP contribution in [0.5, 0.6) is 0 Å². The highest BCUT2D eigenvalue weighted by molar-refractivity contribution is 6.21. The molecule has 0 fully saturated rings. The molecule has 3 rings (SSSR count). The minimum absolute atomic E-state index is 0.0582. The van der Waals surface area contributed by atoms with Gasteiger partial charge in [-0.15, -0.1) is 0 Å². The van der Waals surface area contributed by atoms with Crippen LogP contribution in [0.4, 0.5) is 0 Å². The second kappa shape index (κ2) is 6.04. The van der Waals surface area contributed by atoms with E-state index in [1.54, 1.807) is 24.3 Å². The average Bonchev–Trinajstić information content (AvgIpc) is 2.80. The highest BCUT2D eigenvalue weighted by atomic mass is 16.4. The Morgan fingerprint density at radius 3 is 1.96 bits per heavy atom. The summed E-state index contributed by atoms with van der Waals surface area (Å²) in [5.41, 5.74) is 1.55. The van der Waals surface area contributed by atoms with Gasteiger partial charge in [0.15, 0.2) is 0 Å². The first-order valence-corrected chi connectivity index (χ1v) is 7.30. The van der Waals surface area contributed by atoms with E-state index in [4.69, 9.17) is 5.11 Å². The molecular formula is C18H15NO4. The predicted molar refractivity (Wildman–Crippen MR) is 83.2 cm³/mol. The lowest BCUT2D eigenvalue weighted by molar-refractivity contribution is -0.137. The molecule has 0 unspecified atom stereocenters. The Kier molecular flexibility index (Phi) is 3.93. The van der Waals surface area contributed by atoms with Crippen molar-refractivity contribution in [1.29, 1.82) is 0 Å². The largest absolute Gasteiger partial charge is 0.481 e. The average molecular weight is 309 g/mol. The molecule has 1 N–H and O–H groups in total. The van der Waals surface area contributed by atoms with Gasteiger partial charge in [0, 0.05) is 12.5 Å². The minimum atomic E-state index is -0.963. The summed E-state index contributed by atoms with van der Waals surface area (Å²) in [5.74, 6) is -2.12. The van der Waals surface area contributed by atoms with Gasteiger partial charge in [0.25, 0.3) is 11.8 Å². The maximum atomic E-state index is 12.4. The summed E-state index contributed by atoms with van der Waals surface area (Å²) < 4.78 is 0. The normalized spacial score (nSPS) is 14.7. The number of carboxylic acid groups (broad SMARTS) is 1. The van der Waals surface area contributed by atoms with E-state index in [0.29, 0.717) is 11.1 Å². The van der Waals surface area contributed by atoms with Crippen molar-refractivity contribution in [3.05, 3.63) is 71.3 Å². The molecule has 0 radical (unpaired) electrons. The summed E-state index contributed by atoms with van der Waals surface area (Å²) in [5, 5.41) is 9.14. The van der Waals surface area contributed by atoms with Crippen molar-refractivity contribution in [2.75, 3.05) is 6.54 Å². The van der Waals surface area contributed by atoms with Crippen LogP contribution >= 0.6 is 0 Å². The molecular weight excluding hydrogens is 294 g/mol. The van der Waals surface area contributed by atoms with Crippen LogP contribution in [-0.4, -0.2) is 34.3 Å². The van der Waals surface area contributed by atoms with E-state index in [9.17, 15) is 14.4 Å². The first-order chi connectivity index (χ1) is 11.1. The van der Waals surface area contributed by atoms with Gasteiger partial charge in [0.2, 0.25) is 0 Å². The lowest BCUT2D eigenvalue weighted by Crippen LogP contribution is -2.34. The molecule has 5 heteroatoms. The molecule has 2 aromatic carbocycles. The zero-order valence-electron chi connectivity index (χ0n) is 12.3. The van der Waals surface area contributed by atoms with Gasteiger partial charge in [0.05, 0.1) is 17.5 Å². The second-order valence-electron chi connectivity index (χ2n) is 5.47. The lowest BCUT2D eigenvalue weighted by atomic mass is 9.95. The summed E-state index contributed by atoms with van der Waals surface area (Å²) in [4.78, 5) is 37.1. The fourth-order valence-electron chi connectivity index (χ4n) is 2.85. The Morgan fingerprint density at radius 1 is 0.913 bits per heavy atom. The molecule has 0 aliphatic carbocycles. The van der Waals surface area contributed by atoms with E-state index < -0.39 is 11.9 Å². The zero-order valence-corrected chi connectivity index (χ0v) is 12.3. The third kappa shape index (κ3) is 2.85. The standard InChI is InChI=1S/C18H15NO4/c20-16(21)10-13(12-6-2-1-3-7-12)11-19-17(22)14-8-4-5-9-15(14)18(19)23/h1-9,13H,10-11H2,(H,20,21)/t13-/m0/s1. The Bertz CT molecular complexity index is 735. The molecule has 0 saturated carbocycles. The monoisotopic (exact) mass is 309 g/mol. The van der Waals surface area contributed by atoms with E-state index in [-0.39, 0.29) is 24.8 Å². The number of nitrogens with zero attached hydrogens (tertiary/aromatic N) is 1. The number of hydrogen-bond donors (Lipinski definition) is 1. The molecule has 1 atom stereocenters. The molecule has 1 heterocycles. The SMILES string of the molecule is O=C(O)C[C@@H](CN1C(=O)c2ccccc2C1=O)c1ccccc1. The van der Waals surface area contributed by atoms with Crippen molar-refractivity contribution in [3.8, 4) is 0 Å². The van der Waals surface area contributed by atoms with Crippen molar-refractivity contribution in [2.45, 2.75) is 12.3 Å². The van der Waals surface area contributed by atoms with Gasteiger partial charge in [-0.2, -0.15) is 0 Å². The van der Waals surface area contributed by atoms with Gasteiger partial charge in [0.1, 0.15) is 0 Å². The van der Waals surface area contributed by atoms with Crippen LogP contribution in [-0.2, 0) is 4.79 Å². The van der Waals surface area contributed by atoms with Crippen molar-refractivity contribution in [3.63, 3.8) is 0 Å². The number of carboxylic acids is 1. The number of hydrogen-bond acceptors (Lipinski definition) is 3. The quantitative estimate of drug-likeness (QED) is 0.861. The maximum absolute atomic E-state index is 12.4. The number of carbonyl (C=O) groups excluding carboxylic acids is 2. The molecule has 116 valence electrons. The molecule has 1 aliphatic rings. The molecule has 23 heavy (non-hydrogen) atoms. The van der Waals surface area contributed by atoms with Crippen molar-refractivity contribution in [2.24, 2.45) is 0 Å². The first kappa shape index (κ1) is 15.0. The van der Waals surface area contributed by atoms with Gasteiger partial charge in [-0.1, -0.05) is 42.5 Å². The van der Waals surface area contributed by atoms with Crippen molar-refractivity contribution in [1.82, 2.24) is 4.90 Å². The van der Waals surface area contributed by atoms with Crippen molar-refractivity contribution >= 4 is 17.8 Å². The fraction of sp³-hybridized carbons (Fsp3) is 0.167. The topological polar surface area (TPSA) is 74.7 Å². The van der Waals surface area contributed by atoms with Crippen LogP contribution < -0.4 is 0 Å². The Labute approximate surface area is 133 Å². The van der Waals surface area contributed by atoms with Crippen LogP contribution in [0, 0.1) is 0 Å². The molecule has 2 aromatic rings. The summed E-state index contributed by atoms with van der Waals surface area (Å²) in [6.07, 6.45) is -0.141. The van der Waals surface area contributed by atoms with Gasteiger partial charge < -0.3 is 5.11 Å². The van der Waals surface area contributed by atoms with Crippen molar-refractivity contribution < 1.29 is 19.5 Å². The Morgan fingerprint density at radius 2 is 1.43 bits per heavy atom. The number of imide groups is 1. The molecule has 1 aliphatic heterocycles.